The lowest BCUT2D eigenvalue weighted by Gasteiger charge is -2.11. The van der Waals surface area contributed by atoms with Crippen LogP contribution in [-0.4, -0.2) is 0 Å². The normalized spacial score (nSPS) is 10.5. The van der Waals surface area contributed by atoms with Gasteiger partial charge in [0.05, 0.1) is 5.56 Å². The van der Waals surface area contributed by atoms with E-state index in [-0.39, 0.29) is 0 Å². The van der Waals surface area contributed by atoms with E-state index >= 15 is 0 Å². The van der Waals surface area contributed by atoms with Crippen LogP contribution in [0.1, 0.15) is 25.0 Å². The van der Waals surface area contributed by atoms with Crippen molar-refractivity contribution >= 4 is 11.4 Å². The van der Waals surface area contributed by atoms with Gasteiger partial charge in [-0.1, -0.05) is 32.0 Å². The van der Waals surface area contributed by atoms with Crippen LogP contribution in [-0.2, 0) is 12.7 Å². The third-order valence-corrected chi connectivity index (χ3v) is 2.64. The van der Waals surface area contributed by atoms with E-state index in [1.54, 1.807) is 24.3 Å². The molecule has 0 fully saturated rings. The molecule has 2 rings (SSSR count). The van der Waals surface area contributed by atoms with Gasteiger partial charge in [-0.05, 0) is 35.9 Å². The number of halogens is 3. The van der Waals surface area contributed by atoms with Crippen LogP contribution in [0.25, 0.3) is 0 Å². The first-order valence-corrected chi connectivity index (χ1v) is 6.71. The van der Waals surface area contributed by atoms with E-state index in [0.717, 1.165) is 17.7 Å². The summed E-state index contributed by atoms with van der Waals surface area (Å²) in [6.07, 6.45) is -4.32. The second-order valence-electron chi connectivity index (χ2n) is 4.18. The van der Waals surface area contributed by atoms with E-state index in [1.807, 2.05) is 19.9 Å². The lowest BCUT2D eigenvalue weighted by Crippen LogP contribution is -2.06. The Morgan fingerprint density at radius 1 is 1.00 bits per heavy atom. The molecule has 2 aromatic rings. The monoisotopic (exact) mass is 296 g/mol. The Balaban J connectivity index is 0.00000106. The first-order chi connectivity index (χ1) is 9.95. The van der Waals surface area contributed by atoms with Crippen LogP contribution in [0.5, 0.6) is 0 Å². The second-order valence-corrected chi connectivity index (χ2v) is 4.18. The average Bonchev–Trinajstić information content (AvgIpc) is 2.47. The molecule has 0 aliphatic heterocycles. The van der Waals surface area contributed by atoms with Gasteiger partial charge in [0.1, 0.15) is 0 Å². The van der Waals surface area contributed by atoms with Gasteiger partial charge in [-0.15, -0.1) is 0 Å². The molecule has 2 nitrogen and oxygen atoms in total. The molecule has 0 bridgehead atoms. The minimum Gasteiger partial charge on any atom is -0.399 e. The van der Waals surface area contributed by atoms with Crippen molar-refractivity contribution < 1.29 is 13.2 Å². The maximum Gasteiger partial charge on any atom is 0.416 e. The molecule has 0 amide bonds. The van der Waals surface area contributed by atoms with Crippen LogP contribution in [0.4, 0.5) is 24.5 Å². The van der Waals surface area contributed by atoms with Crippen molar-refractivity contribution in [1.29, 1.82) is 0 Å². The van der Waals surface area contributed by atoms with Crippen molar-refractivity contribution in [3.63, 3.8) is 0 Å². The Bertz CT molecular complexity index is 565. The molecule has 5 heteroatoms. The molecule has 3 N–H and O–H groups in total. The van der Waals surface area contributed by atoms with Crippen molar-refractivity contribution in [2.24, 2.45) is 0 Å². The van der Waals surface area contributed by atoms with Crippen molar-refractivity contribution in [1.82, 2.24) is 0 Å². The van der Waals surface area contributed by atoms with Gasteiger partial charge in [-0.2, -0.15) is 13.2 Å². The lowest BCUT2D eigenvalue weighted by atomic mass is 10.1. The fourth-order valence-electron chi connectivity index (χ4n) is 1.71. The molecule has 0 aromatic heterocycles. The first-order valence-electron chi connectivity index (χ1n) is 6.71. The maximum absolute atomic E-state index is 12.5. The van der Waals surface area contributed by atoms with E-state index in [1.165, 1.54) is 6.07 Å². The Kier molecular flexibility index (Phi) is 6.09. The highest BCUT2D eigenvalue weighted by Gasteiger charge is 2.30. The Morgan fingerprint density at radius 3 is 2.29 bits per heavy atom. The van der Waals surface area contributed by atoms with Crippen molar-refractivity contribution in [3.8, 4) is 0 Å². The van der Waals surface area contributed by atoms with Crippen LogP contribution >= 0.6 is 0 Å². The molecule has 0 unspecified atom stereocenters. The number of nitrogens with two attached hydrogens (primary N) is 1. The number of nitrogens with one attached hydrogen (secondary N) is 1. The fourth-order valence-corrected chi connectivity index (χ4v) is 1.71. The molecular weight excluding hydrogens is 277 g/mol. The van der Waals surface area contributed by atoms with Crippen LogP contribution in [0.15, 0.2) is 48.5 Å². The summed E-state index contributed by atoms with van der Waals surface area (Å²) in [5, 5.41) is 2.95. The van der Waals surface area contributed by atoms with Gasteiger partial charge < -0.3 is 11.1 Å². The van der Waals surface area contributed by atoms with E-state index in [2.05, 4.69) is 5.32 Å². The third-order valence-electron chi connectivity index (χ3n) is 2.64. The lowest BCUT2D eigenvalue weighted by molar-refractivity contribution is -0.137. The van der Waals surface area contributed by atoms with E-state index in [4.69, 9.17) is 5.73 Å². The largest absolute Gasteiger partial charge is 0.416 e. The summed E-state index contributed by atoms with van der Waals surface area (Å²) in [6.45, 7) is 4.42. The zero-order chi connectivity index (χ0) is 15.9. The van der Waals surface area contributed by atoms with Gasteiger partial charge in [0.15, 0.2) is 0 Å². The van der Waals surface area contributed by atoms with Gasteiger partial charge in [0, 0.05) is 17.9 Å². The van der Waals surface area contributed by atoms with Gasteiger partial charge in [0.2, 0.25) is 0 Å². The summed E-state index contributed by atoms with van der Waals surface area (Å²) in [5.41, 5.74) is 6.94. The molecule has 0 aliphatic rings. The van der Waals surface area contributed by atoms with Crippen molar-refractivity contribution in [2.45, 2.75) is 26.6 Å². The van der Waals surface area contributed by atoms with E-state index in [9.17, 15) is 13.2 Å². The zero-order valence-corrected chi connectivity index (χ0v) is 12.0. The van der Waals surface area contributed by atoms with E-state index < -0.39 is 11.7 Å². The molecule has 0 saturated carbocycles. The predicted molar refractivity (Wildman–Crippen MR) is 81.0 cm³/mol. The molecule has 0 aliphatic carbocycles. The average molecular weight is 296 g/mol. The highest BCUT2D eigenvalue weighted by atomic mass is 19.4. The Labute approximate surface area is 122 Å². The first kappa shape index (κ1) is 16.9. The predicted octanol–water partition coefficient (Wildman–Crippen LogP) is 4.93. The molecule has 21 heavy (non-hydrogen) atoms. The minimum atomic E-state index is -4.32. The Morgan fingerprint density at radius 2 is 1.67 bits per heavy atom. The van der Waals surface area contributed by atoms with E-state index in [0.29, 0.717) is 17.9 Å². The summed E-state index contributed by atoms with van der Waals surface area (Å²) >= 11 is 0. The summed E-state index contributed by atoms with van der Waals surface area (Å²) in [5.74, 6) is 0. The number of hydrogen-bond donors (Lipinski definition) is 2. The summed E-state index contributed by atoms with van der Waals surface area (Å²) in [7, 11) is 0. The van der Waals surface area contributed by atoms with Crippen LogP contribution in [0.3, 0.4) is 0 Å². The topological polar surface area (TPSA) is 38.0 Å². The standard InChI is InChI=1S/C14H13F3N2.C2H6/c15-14(16,17)11-4-2-6-13(8-11)19-9-10-3-1-5-12(18)7-10;1-2/h1-8,19H,9,18H2;1-2H3. The van der Waals surface area contributed by atoms with Gasteiger partial charge >= 0.3 is 6.18 Å². The molecule has 0 atom stereocenters. The smallest absolute Gasteiger partial charge is 0.399 e. The summed E-state index contributed by atoms with van der Waals surface area (Å²) in [4.78, 5) is 0. The minimum absolute atomic E-state index is 0.423. The van der Waals surface area contributed by atoms with Gasteiger partial charge in [0.25, 0.3) is 0 Å². The number of hydrogen-bond acceptors (Lipinski definition) is 2. The van der Waals surface area contributed by atoms with Gasteiger partial charge in [-0.3, -0.25) is 0 Å². The molecule has 0 spiro atoms. The fraction of sp³-hybridized carbons (Fsp3) is 0.250. The van der Waals surface area contributed by atoms with Crippen LogP contribution < -0.4 is 11.1 Å². The van der Waals surface area contributed by atoms with Crippen molar-refractivity contribution in [2.75, 3.05) is 11.1 Å². The quantitative estimate of drug-likeness (QED) is 0.788. The number of rotatable bonds is 3. The molecule has 0 radical (unpaired) electrons. The third kappa shape index (κ3) is 5.38. The second kappa shape index (κ2) is 7.57. The zero-order valence-electron chi connectivity index (χ0n) is 12.0. The molecular formula is C16H19F3N2. The molecule has 2 aromatic carbocycles. The van der Waals surface area contributed by atoms with Crippen LogP contribution in [0.2, 0.25) is 0 Å². The summed E-state index contributed by atoms with van der Waals surface area (Å²) < 4.78 is 37.6. The Hall–Kier alpha value is -2.17. The highest BCUT2D eigenvalue weighted by Crippen LogP contribution is 2.30. The maximum atomic E-state index is 12.5. The SMILES string of the molecule is CC.Nc1cccc(CNc2cccc(C(F)(F)F)c2)c1. The molecule has 0 saturated heterocycles. The summed E-state index contributed by atoms with van der Waals surface area (Å²) in [6, 6.07) is 12.3. The number of benzene rings is 2. The van der Waals surface area contributed by atoms with Crippen molar-refractivity contribution in [3.05, 3.63) is 59.7 Å². The molecule has 114 valence electrons. The van der Waals surface area contributed by atoms with Crippen LogP contribution in [0, 0.1) is 0 Å². The highest BCUT2D eigenvalue weighted by molar-refractivity contribution is 5.48. The number of nitrogen functional groups attached to an aromatic ring is 1. The van der Waals surface area contributed by atoms with Gasteiger partial charge in [-0.25, -0.2) is 0 Å². The number of alkyl halides is 3. The molecule has 0 heterocycles. The number of anilines is 2.